The van der Waals surface area contributed by atoms with E-state index in [2.05, 4.69) is 5.32 Å². The summed E-state index contributed by atoms with van der Waals surface area (Å²) in [4.78, 5) is 22.7. The molecule has 1 rings (SSSR count). The molecule has 0 fully saturated rings. The molecule has 0 bridgehead atoms. The second-order valence-corrected chi connectivity index (χ2v) is 5.26. The van der Waals surface area contributed by atoms with Crippen molar-refractivity contribution in [3.8, 4) is 0 Å². The summed E-state index contributed by atoms with van der Waals surface area (Å²) >= 11 is 0. The van der Waals surface area contributed by atoms with Crippen LogP contribution in [0.25, 0.3) is 0 Å². The van der Waals surface area contributed by atoms with Crippen LogP contribution in [0.3, 0.4) is 0 Å². The molecule has 0 unspecified atom stereocenters. The van der Waals surface area contributed by atoms with Crippen LogP contribution in [0.15, 0.2) is 24.3 Å². The molecule has 1 aromatic carbocycles. The largest absolute Gasteiger partial charge is 0.478 e. The minimum absolute atomic E-state index is 0.172. The number of alkyl carbamates (subject to hydrolysis) is 1. The van der Waals surface area contributed by atoms with Crippen molar-refractivity contribution >= 4 is 12.1 Å². The zero-order valence-electron chi connectivity index (χ0n) is 11.6. The first-order valence-electron chi connectivity index (χ1n) is 6.02. The van der Waals surface area contributed by atoms with Gasteiger partial charge in [-0.2, -0.15) is 0 Å². The second kappa shape index (κ2) is 5.73. The van der Waals surface area contributed by atoms with E-state index in [1.165, 1.54) is 6.07 Å². The lowest BCUT2D eigenvalue weighted by Crippen LogP contribution is -2.34. The molecule has 1 amide bonds. The highest BCUT2D eigenvalue weighted by Gasteiger charge is 2.20. The molecular weight excluding hydrogens is 246 g/mol. The topological polar surface area (TPSA) is 75.6 Å². The van der Waals surface area contributed by atoms with Crippen LogP contribution in [0, 0.1) is 0 Å². The van der Waals surface area contributed by atoms with Gasteiger partial charge in [-0.05, 0) is 39.3 Å². The number of carboxylic acid groups (broad SMARTS) is 1. The Balaban J connectivity index is 2.82. The molecule has 104 valence electrons. The van der Waals surface area contributed by atoms with E-state index in [1.54, 1.807) is 45.9 Å². The number of benzene rings is 1. The molecular formula is C14H19NO4. The van der Waals surface area contributed by atoms with Crippen LogP contribution >= 0.6 is 0 Å². The Hall–Kier alpha value is -2.04. The zero-order chi connectivity index (χ0) is 14.6. The number of carbonyl (C=O) groups is 2. The number of aromatic carboxylic acids is 1. The number of hydrogen-bond acceptors (Lipinski definition) is 3. The van der Waals surface area contributed by atoms with Gasteiger partial charge in [0.2, 0.25) is 0 Å². The average molecular weight is 265 g/mol. The summed E-state index contributed by atoms with van der Waals surface area (Å²) in [6.07, 6.45) is -0.569. The van der Waals surface area contributed by atoms with Gasteiger partial charge in [0, 0.05) is 0 Å². The maximum absolute atomic E-state index is 11.6. The standard InChI is InChI=1S/C14H19NO4/c1-9(15-13(18)19-14(2,3)4)10-7-5-6-8-11(10)12(16)17/h5-9H,1-4H3,(H,15,18)(H,16,17)/t9-/m0/s1. The van der Waals surface area contributed by atoms with E-state index in [-0.39, 0.29) is 5.56 Å². The van der Waals surface area contributed by atoms with Crippen LogP contribution in [0.2, 0.25) is 0 Å². The molecule has 19 heavy (non-hydrogen) atoms. The Labute approximate surface area is 112 Å². The molecule has 0 aliphatic carbocycles. The fourth-order valence-electron chi connectivity index (χ4n) is 1.63. The van der Waals surface area contributed by atoms with Gasteiger partial charge in [-0.25, -0.2) is 9.59 Å². The first-order chi connectivity index (χ1) is 8.70. The van der Waals surface area contributed by atoms with Crippen molar-refractivity contribution in [2.24, 2.45) is 0 Å². The Kier molecular flexibility index (Phi) is 4.53. The summed E-state index contributed by atoms with van der Waals surface area (Å²) in [6.45, 7) is 7.01. The Morgan fingerprint density at radius 3 is 2.37 bits per heavy atom. The highest BCUT2D eigenvalue weighted by molar-refractivity contribution is 5.89. The molecule has 0 heterocycles. The van der Waals surface area contributed by atoms with E-state index in [1.807, 2.05) is 0 Å². The average Bonchev–Trinajstić information content (AvgIpc) is 2.26. The van der Waals surface area contributed by atoms with Gasteiger partial charge in [0.15, 0.2) is 0 Å². The van der Waals surface area contributed by atoms with Gasteiger partial charge >= 0.3 is 12.1 Å². The number of amides is 1. The van der Waals surface area contributed by atoms with Gasteiger partial charge in [0.1, 0.15) is 5.60 Å². The fraction of sp³-hybridized carbons (Fsp3) is 0.429. The van der Waals surface area contributed by atoms with E-state index in [4.69, 9.17) is 9.84 Å². The van der Waals surface area contributed by atoms with Gasteiger partial charge in [-0.1, -0.05) is 18.2 Å². The Bertz CT molecular complexity index is 477. The maximum atomic E-state index is 11.6. The molecule has 0 aliphatic heterocycles. The normalized spacial score (nSPS) is 12.6. The van der Waals surface area contributed by atoms with Crippen LogP contribution in [-0.2, 0) is 4.74 Å². The number of ether oxygens (including phenoxy) is 1. The second-order valence-electron chi connectivity index (χ2n) is 5.26. The molecule has 0 aliphatic rings. The first kappa shape index (κ1) is 15.0. The summed E-state index contributed by atoms with van der Waals surface area (Å²) in [7, 11) is 0. The lowest BCUT2D eigenvalue weighted by atomic mass is 10.0. The van der Waals surface area contributed by atoms with Crippen LogP contribution in [0.5, 0.6) is 0 Å². The van der Waals surface area contributed by atoms with Gasteiger partial charge < -0.3 is 15.2 Å². The van der Waals surface area contributed by atoms with Gasteiger partial charge in [-0.15, -0.1) is 0 Å². The van der Waals surface area contributed by atoms with E-state index in [0.717, 1.165) is 0 Å². The minimum atomic E-state index is -1.02. The van der Waals surface area contributed by atoms with Crippen molar-refractivity contribution in [2.75, 3.05) is 0 Å². The summed E-state index contributed by atoms with van der Waals surface area (Å²) in [5.74, 6) is -1.02. The first-order valence-corrected chi connectivity index (χ1v) is 6.02. The molecule has 0 saturated heterocycles. The molecule has 0 saturated carbocycles. The monoisotopic (exact) mass is 265 g/mol. The fourth-order valence-corrected chi connectivity index (χ4v) is 1.63. The van der Waals surface area contributed by atoms with Crippen LogP contribution in [-0.4, -0.2) is 22.8 Å². The SMILES string of the molecule is C[C@H](NC(=O)OC(C)(C)C)c1ccccc1C(=O)O. The van der Waals surface area contributed by atoms with Gasteiger partial charge in [-0.3, -0.25) is 0 Å². The van der Waals surface area contributed by atoms with Crippen LogP contribution in [0.4, 0.5) is 4.79 Å². The Morgan fingerprint density at radius 2 is 1.84 bits per heavy atom. The summed E-state index contributed by atoms with van der Waals surface area (Å²) in [5.41, 5.74) is 0.128. The number of hydrogen-bond donors (Lipinski definition) is 2. The van der Waals surface area contributed by atoms with Crippen molar-refractivity contribution in [3.05, 3.63) is 35.4 Å². The number of rotatable bonds is 3. The third-order valence-corrected chi connectivity index (χ3v) is 2.39. The lowest BCUT2D eigenvalue weighted by molar-refractivity contribution is 0.0504. The predicted octanol–water partition coefficient (Wildman–Crippen LogP) is 2.97. The summed E-state index contributed by atoms with van der Waals surface area (Å²) in [5, 5.41) is 11.7. The lowest BCUT2D eigenvalue weighted by Gasteiger charge is -2.22. The van der Waals surface area contributed by atoms with Gasteiger partial charge in [0.25, 0.3) is 0 Å². The quantitative estimate of drug-likeness (QED) is 0.881. The summed E-state index contributed by atoms with van der Waals surface area (Å²) in [6, 6.07) is 6.11. The smallest absolute Gasteiger partial charge is 0.408 e. The van der Waals surface area contributed by atoms with Crippen LogP contribution in [0.1, 0.15) is 49.7 Å². The van der Waals surface area contributed by atoms with Crippen molar-refractivity contribution in [3.63, 3.8) is 0 Å². The minimum Gasteiger partial charge on any atom is -0.478 e. The number of carboxylic acids is 1. The maximum Gasteiger partial charge on any atom is 0.408 e. The van der Waals surface area contributed by atoms with Crippen molar-refractivity contribution < 1.29 is 19.4 Å². The van der Waals surface area contributed by atoms with E-state index in [0.29, 0.717) is 5.56 Å². The zero-order valence-corrected chi connectivity index (χ0v) is 11.6. The Morgan fingerprint density at radius 1 is 1.26 bits per heavy atom. The van der Waals surface area contributed by atoms with E-state index in [9.17, 15) is 9.59 Å². The van der Waals surface area contributed by atoms with Crippen molar-refractivity contribution in [1.29, 1.82) is 0 Å². The number of carbonyl (C=O) groups excluding carboxylic acids is 1. The number of nitrogens with one attached hydrogen (secondary N) is 1. The van der Waals surface area contributed by atoms with Gasteiger partial charge in [0.05, 0.1) is 11.6 Å². The van der Waals surface area contributed by atoms with Crippen molar-refractivity contribution in [2.45, 2.75) is 39.3 Å². The molecule has 0 radical (unpaired) electrons. The molecule has 2 N–H and O–H groups in total. The van der Waals surface area contributed by atoms with Crippen LogP contribution < -0.4 is 5.32 Å². The van der Waals surface area contributed by atoms with E-state index >= 15 is 0 Å². The highest BCUT2D eigenvalue weighted by atomic mass is 16.6. The summed E-state index contributed by atoms with van der Waals surface area (Å²) < 4.78 is 5.13. The third-order valence-electron chi connectivity index (χ3n) is 2.39. The molecule has 5 nitrogen and oxygen atoms in total. The molecule has 0 aromatic heterocycles. The van der Waals surface area contributed by atoms with Crippen molar-refractivity contribution in [1.82, 2.24) is 5.32 Å². The third kappa shape index (κ3) is 4.62. The highest BCUT2D eigenvalue weighted by Crippen LogP contribution is 2.18. The predicted molar refractivity (Wildman–Crippen MR) is 71.2 cm³/mol. The molecule has 1 aromatic rings. The van der Waals surface area contributed by atoms with E-state index < -0.39 is 23.7 Å². The molecule has 5 heteroatoms. The molecule has 1 atom stereocenters. The molecule has 0 spiro atoms.